The zero-order chi connectivity index (χ0) is 24.5. The normalized spacial score (nSPS) is 13.3. The van der Waals surface area contributed by atoms with Gasteiger partial charge in [0.1, 0.15) is 5.00 Å². The standard InChI is InChI=1S/C30H31N3OS/c1-19-13-15-24(16-14-19)32-29(34)28-25-10-6-8-12-27(25)35-30(28)33-21(3)17-23(22(33)4)18-31-26-11-7-5-9-20(26)2/h5,7,9,11,13-18H,6,8,10,12H2,1-4H3,(H,32,34). The number of nitrogens with zero attached hydrogens (tertiary/aromatic N) is 2. The molecule has 0 bridgehead atoms. The molecule has 4 nitrogen and oxygen atoms in total. The van der Waals surface area contributed by atoms with Crippen LogP contribution >= 0.6 is 11.3 Å². The summed E-state index contributed by atoms with van der Waals surface area (Å²) in [5, 5.41) is 4.18. The third-order valence-electron chi connectivity index (χ3n) is 6.82. The maximum absolute atomic E-state index is 13.7. The van der Waals surface area contributed by atoms with Crippen molar-refractivity contribution >= 4 is 34.8 Å². The molecular weight excluding hydrogens is 450 g/mol. The molecule has 1 amide bonds. The second-order valence-corrected chi connectivity index (χ2v) is 10.5. The number of hydrogen-bond donors (Lipinski definition) is 1. The number of aromatic nitrogens is 1. The van der Waals surface area contributed by atoms with Gasteiger partial charge in [-0.1, -0.05) is 35.9 Å². The average Bonchev–Trinajstić information content (AvgIpc) is 3.36. The molecule has 0 radical (unpaired) electrons. The molecule has 0 atom stereocenters. The second kappa shape index (κ2) is 9.67. The molecule has 0 unspecified atom stereocenters. The maximum atomic E-state index is 13.7. The monoisotopic (exact) mass is 481 g/mol. The van der Waals surface area contributed by atoms with Gasteiger partial charge in [0.25, 0.3) is 5.91 Å². The van der Waals surface area contributed by atoms with E-state index in [1.165, 1.54) is 22.4 Å². The fraction of sp³-hybridized carbons (Fsp3) is 0.267. The lowest BCUT2D eigenvalue weighted by atomic mass is 9.95. The van der Waals surface area contributed by atoms with E-state index in [2.05, 4.69) is 49.7 Å². The zero-order valence-electron chi connectivity index (χ0n) is 20.8. The van der Waals surface area contributed by atoms with E-state index in [1.807, 2.05) is 48.7 Å². The number of carbonyl (C=O) groups is 1. The summed E-state index contributed by atoms with van der Waals surface area (Å²) in [6.45, 7) is 8.35. The Labute approximate surface area is 211 Å². The van der Waals surface area contributed by atoms with Gasteiger partial charge >= 0.3 is 0 Å². The Balaban J connectivity index is 1.56. The molecule has 0 saturated carbocycles. The third kappa shape index (κ3) is 4.61. The van der Waals surface area contributed by atoms with Crippen molar-refractivity contribution in [2.75, 3.05) is 5.32 Å². The molecule has 1 aliphatic carbocycles. The molecule has 178 valence electrons. The van der Waals surface area contributed by atoms with Crippen LogP contribution in [0.3, 0.4) is 0 Å². The summed E-state index contributed by atoms with van der Waals surface area (Å²) in [5.74, 6) is -0.0223. The second-order valence-electron chi connectivity index (χ2n) is 9.42. The van der Waals surface area contributed by atoms with Crippen molar-refractivity contribution in [1.82, 2.24) is 4.57 Å². The largest absolute Gasteiger partial charge is 0.322 e. The number of benzene rings is 2. The summed E-state index contributed by atoms with van der Waals surface area (Å²) >= 11 is 1.77. The highest BCUT2D eigenvalue weighted by Crippen LogP contribution is 2.39. The Bertz CT molecular complexity index is 1420. The molecule has 0 saturated heterocycles. The summed E-state index contributed by atoms with van der Waals surface area (Å²) in [6, 6.07) is 18.3. The highest BCUT2D eigenvalue weighted by Gasteiger charge is 2.28. The molecular formula is C30H31N3OS. The first-order valence-corrected chi connectivity index (χ1v) is 13.1. The van der Waals surface area contributed by atoms with Gasteiger partial charge in [-0.05, 0) is 88.8 Å². The number of nitrogens with one attached hydrogen (secondary N) is 1. The van der Waals surface area contributed by atoms with Gasteiger partial charge in [-0.3, -0.25) is 9.79 Å². The quantitative estimate of drug-likeness (QED) is 0.292. The van der Waals surface area contributed by atoms with E-state index in [4.69, 9.17) is 4.99 Å². The van der Waals surface area contributed by atoms with Crippen LogP contribution < -0.4 is 5.32 Å². The van der Waals surface area contributed by atoms with Crippen LogP contribution in [-0.4, -0.2) is 16.7 Å². The number of para-hydroxylation sites is 1. The molecule has 0 fully saturated rings. The van der Waals surface area contributed by atoms with E-state index < -0.39 is 0 Å². The van der Waals surface area contributed by atoms with Crippen LogP contribution in [0.5, 0.6) is 0 Å². The van der Waals surface area contributed by atoms with Crippen molar-refractivity contribution in [2.24, 2.45) is 4.99 Å². The lowest BCUT2D eigenvalue weighted by Gasteiger charge is -2.14. The maximum Gasteiger partial charge on any atom is 0.258 e. The lowest BCUT2D eigenvalue weighted by molar-refractivity contribution is 0.102. The molecule has 5 rings (SSSR count). The topological polar surface area (TPSA) is 46.4 Å². The van der Waals surface area contributed by atoms with Crippen LogP contribution in [0.25, 0.3) is 5.00 Å². The van der Waals surface area contributed by atoms with Crippen molar-refractivity contribution in [3.8, 4) is 5.00 Å². The van der Waals surface area contributed by atoms with Gasteiger partial charge in [-0.2, -0.15) is 0 Å². The highest BCUT2D eigenvalue weighted by molar-refractivity contribution is 7.15. The smallest absolute Gasteiger partial charge is 0.258 e. The van der Waals surface area contributed by atoms with E-state index in [0.717, 1.165) is 63.7 Å². The van der Waals surface area contributed by atoms with Crippen molar-refractivity contribution in [3.05, 3.63) is 98.7 Å². The number of aliphatic imine (C=N–C) groups is 1. The number of hydrogen-bond acceptors (Lipinski definition) is 3. The van der Waals surface area contributed by atoms with Crippen LogP contribution in [0.1, 0.15) is 61.7 Å². The van der Waals surface area contributed by atoms with E-state index in [1.54, 1.807) is 11.3 Å². The van der Waals surface area contributed by atoms with E-state index in [-0.39, 0.29) is 5.91 Å². The van der Waals surface area contributed by atoms with Crippen LogP contribution in [0, 0.1) is 27.7 Å². The summed E-state index contributed by atoms with van der Waals surface area (Å²) in [5.41, 5.74) is 9.46. The predicted octanol–water partition coefficient (Wildman–Crippen LogP) is 7.65. The van der Waals surface area contributed by atoms with E-state index >= 15 is 0 Å². The van der Waals surface area contributed by atoms with Crippen LogP contribution in [0.2, 0.25) is 0 Å². The van der Waals surface area contributed by atoms with Crippen LogP contribution in [-0.2, 0) is 12.8 Å². The molecule has 1 N–H and O–H groups in total. The molecule has 2 aromatic carbocycles. The Hall–Kier alpha value is -3.44. The third-order valence-corrected chi connectivity index (χ3v) is 8.10. The number of fused-ring (bicyclic) bond motifs is 1. The predicted molar refractivity (Wildman–Crippen MR) is 147 cm³/mol. The molecule has 0 aliphatic heterocycles. The molecule has 35 heavy (non-hydrogen) atoms. The summed E-state index contributed by atoms with van der Waals surface area (Å²) in [7, 11) is 0. The van der Waals surface area contributed by atoms with Crippen molar-refractivity contribution in [3.63, 3.8) is 0 Å². The fourth-order valence-corrected chi connectivity index (χ4v) is 6.35. The lowest BCUT2D eigenvalue weighted by Crippen LogP contribution is -2.17. The average molecular weight is 482 g/mol. The Kier molecular flexibility index (Phi) is 6.44. The van der Waals surface area contributed by atoms with Crippen molar-refractivity contribution in [2.45, 2.75) is 53.4 Å². The zero-order valence-corrected chi connectivity index (χ0v) is 21.6. The minimum Gasteiger partial charge on any atom is -0.322 e. The van der Waals surface area contributed by atoms with Gasteiger partial charge < -0.3 is 9.88 Å². The van der Waals surface area contributed by atoms with Gasteiger partial charge in [-0.15, -0.1) is 11.3 Å². The SMILES string of the molecule is Cc1ccc(NC(=O)c2c(-n3c(C)cc(C=Nc4ccccc4C)c3C)sc3c2CCCC3)cc1. The first kappa shape index (κ1) is 23.3. The Morgan fingerprint density at radius 1 is 1.00 bits per heavy atom. The summed E-state index contributed by atoms with van der Waals surface area (Å²) < 4.78 is 2.24. The minimum atomic E-state index is -0.0223. The number of anilines is 1. The Morgan fingerprint density at radius 2 is 1.74 bits per heavy atom. The number of amides is 1. The summed E-state index contributed by atoms with van der Waals surface area (Å²) in [4.78, 5) is 19.8. The van der Waals surface area contributed by atoms with Gasteiger partial charge in [0.2, 0.25) is 0 Å². The number of rotatable bonds is 5. The fourth-order valence-electron chi connectivity index (χ4n) is 4.85. The molecule has 2 aromatic heterocycles. The van der Waals surface area contributed by atoms with E-state index in [9.17, 15) is 4.79 Å². The van der Waals surface area contributed by atoms with Crippen molar-refractivity contribution < 1.29 is 4.79 Å². The number of aryl methyl sites for hydroxylation is 4. The first-order chi connectivity index (χ1) is 16.9. The highest BCUT2D eigenvalue weighted by atomic mass is 32.1. The number of thiophene rings is 1. The van der Waals surface area contributed by atoms with Crippen molar-refractivity contribution in [1.29, 1.82) is 0 Å². The van der Waals surface area contributed by atoms with E-state index in [0.29, 0.717) is 0 Å². The van der Waals surface area contributed by atoms with Gasteiger partial charge in [-0.25, -0.2) is 0 Å². The van der Waals surface area contributed by atoms with Gasteiger partial charge in [0, 0.05) is 33.7 Å². The van der Waals surface area contributed by atoms with Gasteiger partial charge in [0.15, 0.2) is 0 Å². The van der Waals surface area contributed by atoms with Crippen LogP contribution in [0.4, 0.5) is 11.4 Å². The molecule has 2 heterocycles. The number of carbonyl (C=O) groups excluding carboxylic acids is 1. The molecule has 1 aliphatic rings. The van der Waals surface area contributed by atoms with Crippen LogP contribution in [0.15, 0.2) is 59.6 Å². The summed E-state index contributed by atoms with van der Waals surface area (Å²) in [6.07, 6.45) is 6.27. The molecule has 4 aromatic rings. The van der Waals surface area contributed by atoms with Gasteiger partial charge in [0.05, 0.1) is 11.3 Å². The molecule has 5 heteroatoms. The molecule has 0 spiro atoms. The Morgan fingerprint density at radius 3 is 2.51 bits per heavy atom. The first-order valence-electron chi connectivity index (χ1n) is 12.2. The minimum absolute atomic E-state index is 0.0223.